The lowest BCUT2D eigenvalue weighted by molar-refractivity contribution is 0.419. The third-order valence-electron chi connectivity index (χ3n) is 3.02. The van der Waals surface area contributed by atoms with Crippen molar-refractivity contribution in [3.05, 3.63) is 42.0 Å². The molecule has 0 aliphatic heterocycles. The number of likely N-dealkylation sites (N-methyl/N-ethyl adjacent to an activating group) is 1. The normalized spacial score (nSPS) is 10.7. The fourth-order valence-corrected chi connectivity index (χ4v) is 2.13. The van der Waals surface area contributed by atoms with Crippen molar-refractivity contribution in [1.82, 2.24) is 5.32 Å². The second kappa shape index (κ2) is 5.69. The molecule has 0 aliphatic carbocycles. The zero-order valence-corrected chi connectivity index (χ0v) is 10.5. The molecule has 0 bridgehead atoms. The first-order valence-electron chi connectivity index (χ1n) is 6.12. The highest BCUT2D eigenvalue weighted by Crippen LogP contribution is 2.28. The van der Waals surface area contributed by atoms with E-state index in [1.165, 1.54) is 16.3 Å². The molecule has 0 atom stereocenters. The SMILES string of the molecule is CCNCCc1ccc(OC)c2ccccc12. The molecular formula is C15H19NO. The third kappa shape index (κ3) is 2.59. The topological polar surface area (TPSA) is 21.3 Å². The molecule has 0 heterocycles. The zero-order chi connectivity index (χ0) is 12.1. The van der Waals surface area contributed by atoms with E-state index >= 15 is 0 Å². The molecular weight excluding hydrogens is 210 g/mol. The molecule has 0 radical (unpaired) electrons. The maximum Gasteiger partial charge on any atom is 0.126 e. The number of methoxy groups -OCH3 is 1. The quantitative estimate of drug-likeness (QED) is 0.796. The molecule has 1 N–H and O–H groups in total. The summed E-state index contributed by atoms with van der Waals surface area (Å²) < 4.78 is 5.39. The first-order chi connectivity index (χ1) is 8.36. The van der Waals surface area contributed by atoms with Crippen LogP contribution in [0.2, 0.25) is 0 Å². The van der Waals surface area contributed by atoms with Crippen LogP contribution in [0.5, 0.6) is 5.75 Å². The molecule has 0 fully saturated rings. The second-order valence-corrected chi connectivity index (χ2v) is 4.08. The van der Waals surface area contributed by atoms with E-state index in [9.17, 15) is 0 Å². The van der Waals surface area contributed by atoms with E-state index in [1.807, 2.05) is 0 Å². The van der Waals surface area contributed by atoms with Crippen molar-refractivity contribution in [3.63, 3.8) is 0 Å². The summed E-state index contributed by atoms with van der Waals surface area (Å²) in [4.78, 5) is 0. The summed E-state index contributed by atoms with van der Waals surface area (Å²) in [6, 6.07) is 12.6. The van der Waals surface area contributed by atoms with E-state index < -0.39 is 0 Å². The van der Waals surface area contributed by atoms with Crippen molar-refractivity contribution in [1.29, 1.82) is 0 Å². The Morgan fingerprint density at radius 3 is 2.53 bits per heavy atom. The molecule has 0 aliphatic rings. The minimum Gasteiger partial charge on any atom is -0.496 e. The van der Waals surface area contributed by atoms with Crippen LogP contribution in [0.3, 0.4) is 0 Å². The van der Waals surface area contributed by atoms with E-state index in [0.717, 1.165) is 25.3 Å². The fraction of sp³-hybridized carbons (Fsp3) is 0.333. The Balaban J connectivity index is 2.37. The number of hydrogen-bond donors (Lipinski definition) is 1. The average molecular weight is 229 g/mol. The fourth-order valence-electron chi connectivity index (χ4n) is 2.13. The van der Waals surface area contributed by atoms with Gasteiger partial charge in [0, 0.05) is 5.39 Å². The Morgan fingerprint density at radius 2 is 1.82 bits per heavy atom. The van der Waals surface area contributed by atoms with Crippen molar-refractivity contribution >= 4 is 10.8 Å². The molecule has 0 amide bonds. The molecule has 0 saturated carbocycles. The molecule has 0 aromatic heterocycles. The van der Waals surface area contributed by atoms with Crippen LogP contribution in [0.4, 0.5) is 0 Å². The van der Waals surface area contributed by atoms with Gasteiger partial charge in [0.2, 0.25) is 0 Å². The van der Waals surface area contributed by atoms with Crippen molar-refractivity contribution in [2.75, 3.05) is 20.2 Å². The van der Waals surface area contributed by atoms with Crippen molar-refractivity contribution in [2.24, 2.45) is 0 Å². The van der Waals surface area contributed by atoms with Crippen LogP contribution in [0.25, 0.3) is 10.8 Å². The maximum atomic E-state index is 5.39. The number of nitrogens with one attached hydrogen (secondary N) is 1. The Morgan fingerprint density at radius 1 is 1.06 bits per heavy atom. The molecule has 90 valence electrons. The number of ether oxygens (including phenoxy) is 1. The third-order valence-corrected chi connectivity index (χ3v) is 3.02. The Labute approximate surface area is 103 Å². The van der Waals surface area contributed by atoms with Crippen LogP contribution in [0, 0.1) is 0 Å². The summed E-state index contributed by atoms with van der Waals surface area (Å²) in [5, 5.41) is 5.85. The van der Waals surface area contributed by atoms with Gasteiger partial charge in [-0.05, 0) is 36.5 Å². The van der Waals surface area contributed by atoms with Gasteiger partial charge in [0.25, 0.3) is 0 Å². The van der Waals surface area contributed by atoms with Gasteiger partial charge in [-0.3, -0.25) is 0 Å². The van der Waals surface area contributed by atoms with E-state index in [0.29, 0.717) is 0 Å². The van der Waals surface area contributed by atoms with Crippen LogP contribution < -0.4 is 10.1 Å². The molecule has 0 unspecified atom stereocenters. The number of fused-ring (bicyclic) bond motifs is 1. The van der Waals surface area contributed by atoms with Gasteiger partial charge in [-0.25, -0.2) is 0 Å². The van der Waals surface area contributed by atoms with E-state index in [2.05, 4.69) is 48.6 Å². The summed E-state index contributed by atoms with van der Waals surface area (Å²) in [5.41, 5.74) is 1.38. The van der Waals surface area contributed by atoms with Crippen LogP contribution in [0.15, 0.2) is 36.4 Å². The highest BCUT2D eigenvalue weighted by molar-refractivity contribution is 5.91. The highest BCUT2D eigenvalue weighted by Gasteiger charge is 2.05. The number of hydrogen-bond acceptors (Lipinski definition) is 2. The van der Waals surface area contributed by atoms with Crippen LogP contribution in [-0.4, -0.2) is 20.2 Å². The van der Waals surface area contributed by atoms with Gasteiger partial charge < -0.3 is 10.1 Å². The monoisotopic (exact) mass is 229 g/mol. The van der Waals surface area contributed by atoms with Crippen molar-refractivity contribution in [3.8, 4) is 5.75 Å². The lowest BCUT2D eigenvalue weighted by Crippen LogP contribution is -2.16. The maximum absolute atomic E-state index is 5.39. The van der Waals surface area contributed by atoms with E-state index in [4.69, 9.17) is 4.74 Å². The van der Waals surface area contributed by atoms with Gasteiger partial charge in [-0.1, -0.05) is 37.3 Å². The predicted octanol–water partition coefficient (Wildman–Crippen LogP) is 3.00. The molecule has 2 heteroatoms. The smallest absolute Gasteiger partial charge is 0.126 e. The van der Waals surface area contributed by atoms with Gasteiger partial charge >= 0.3 is 0 Å². The van der Waals surface area contributed by atoms with Crippen molar-refractivity contribution in [2.45, 2.75) is 13.3 Å². The number of rotatable bonds is 5. The summed E-state index contributed by atoms with van der Waals surface area (Å²) >= 11 is 0. The summed E-state index contributed by atoms with van der Waals surface area (Å²) in [6.07, 6.45) is 1.05. The second-order valence-electron chi connectivity index (χ2n) is 4.08. The standard InChI is InChI=1S/C15H19NO/c1-3-16-11-10-12-8-9-15(17-2)14-7-5-4-6-13(12)14/h4-9,16H,3,10-11H2,1-2H3. The summed E-state index contributed by atoms with van der Waals surface area (Å²) in [5.74, 6) is 0.952. The van der Waals surface area contributed by atoms with Crippen molar-refractivity contribution < 1.29 is 4.74 Å². The molecule has 2 rings (SSSR count). The molecule has 0 spiro atoms. The van der Waals surface area contributed by atoms with Crippen LogP contribution in [-0.2, 0) is 6.42 Å². The van der Waals surface area contributed by atoms with Gasteiger partial charge in [0.1, 0.15) is 5.75 Å². The van der Waals surface area contributed by atoms with Gasteiger partial charge in [0.05, 0.1) is 7.11 Å². The van der Waals surface area contributed by atoms with E-state index in [1.54, 1.807) is 7.11 Å². The van der Waals surface area contributed by atoms with Gasteiger partial charge in [-0.15, -0.1) is 0 Å². The predicted molar refractivity (Wildman–Crippen MR) is 72.7 cm³/mol. The molecule has 2 nitrogen and oxygen atoms in total. The van der Waals surface area contributed by atoms with Crippen LogP contribution >= 0.6 is 0 Å². The highest BCUT2D eigenvalue weighted by atomic mass is 16.5. The molecule has 0 saturated heterocycles. The molecule has 17 heavy (non-hydrogen) atoms. The summed E-state index contributed by atoms with van der Waals surface area (Å²) in [7, 11) is 1.72. The first kappa shape index (κ1) is 11.9. The van der Waals surface area contributed by atoms with Gasteiger partial charge in [0.15, 0.2) is 0 Å². The zero-order valence-electron chi connectivity index (χ0n) is 10.5. The van der Waals surface area contributed by atoms with E-state index in [-0.39, 0.29) is 0 Å². The minimum atomic E-state index is 0.952. The Hall–Kier alpha value is -1.54. The number of benzene rings is 2. The van der Waals surface area contributed by atoms with Crippen LogP contribution in [0.1, 0.15) is 12.5 Å². The average Bonchev–Trinajstić information content (AvgIpc) is 2.39. The minimum absolute atomic E-state index is 0.952. The molecule has 2 aromatic rings. The Bertz CT molecular complexity index is 493. The summed E-state index contributed by atoms with van der Waals surface area (Å²) in [6.45, 7) is 4.17. The Kier molecular flexibility index (Phi) is 3.99. The largest absolute Gasteiger partial charge is 0.496 e. The first-order valence-corrected chi connectivity index (χ1v) is 6.12. The lowest BCUT2D eigenvalue weighted by atomic mass is 10.0. The van der Waals surface area contributed by atoms with Gasteiger partial charge in [-0.2, -0.15) is 0 Å². The lowest BCUT2D eigenvalue weighted by Gasteiger charge is -2.10. The molecule has 2 aromatic carbocycles.